The summed E-state index contributed by atoms with van der Waals surface area (Å²) in [6, 6.07) is 37.9. The van der Waals surface area contributed by atoms with Crippen LogP contribution in [0.3, 0.4) is 0 Å². The molecule has 1 saturated heterocycles. The molecule has 0 spiro atoms. The first-order valence-electron chi connectivity index (χ1n) is 16.1. The predicted molar refractivity (Wildman–Crippen MR) is 184 cm³/mol. The molecule has 7 rings (SSSR count). The molecule has 1 amide bonds. The summed E-state index contributed by atoms with van der Waals surface area (Å²) >= 11 is 0. The van der Waals surface area contributed by atoms with Gasteiger partial charge >= 0.3 is 0 Å². The number of aryl methyl sites for hydroxylation is 2. The normalized spacial score (nSPS) is 16.5. The van der Waals surface area contributed by atoms with Crippen LogP contribution in [0.25, 0.3) is 21.5 Å². The highest BCUT2D eigenvalue weighted by molar-refractivity contribution is 5.91. The molecule has 7 nitrogen and oxygen atoms in total. The van der Waals surface area contributed by atoms with Gasteiger partial charge in [-0.1, -0.05) is 90.1 Å². The summed E-state index contributed by atoms with van der Waals surface area (Å²) in [5.74, 6) is 0.225. The number of piperidine rings is 1. The van der Waals surface area contributed by atoms with Crippen molar-refractivity contribution in [1.29, 1.82) is 0 Å². The number of carbonyl (C=O) groups is 1. The van der Waals surface area contributed by atoms with Crippen molar-refractivity contribution in [2.75, 3.05) is 18.0 Å². The third kappa shape index (κ3) is 6.86. The van der Waals surface area contributed by atoms with Gasteiger partial charge in [-0.05, 0) is 81.9 Å². The van der Waals surface area contributed by atoms with E-state index in [1.807, 2.05) is 33.8 Å². The molecule has 2 atom stereocenters. The maximum Gasteiger partial charge on any atom is 0.224 e. The van der Waals surface area contributed by atoms with Crippen molar-refractivity contribution in [3.8, 4) is 0 Å². The molecule has 46 heavy (non-hydrogen) atoms. The van der Waals surface area contributed by atoms with Crippen LogP contribution in [0, 0.1) is 0 Å². The third-order valence-electron chi connectivity index (χ3n) is 9.05. The molecule has 5 aromatic carbocycles. The van der Waals surface area contributed by atoms with Crippen molar-refractivity contribution < 1.29 is 9.53 Å². The van der Waals surface area contributed by atoms with Crippen molar-refractivity contribution in [3.63, 3.8) is 0 Å². The first-order valence-corrected chi connectivity index (χ1v) is 16.1. The van der Waals surface area contributed by atoms with Crippen LogP contribution < -0.4 is 10.2 Å². The summed E-state index contributed by atoms with van der Waals surface area (Å²) in [6.45, 7) is 5.20. The van der Waals surface area contributed by atoms with Gasteiger partial charge in [-0.15, -0.1) is 5.10 Å². The molecule has 0 aliphatic carbocycles. The first kappa shape index (κ1) is 29.8. The van der Waals surface area contributed by atoms with Crippen molar-refractivity contribution in [2.45, 2.75) is 51.5 Å². The van der Waals surface area contributed by atoms with Crippen molar-refractivity contribution in [3.05, 3.63) is 138 Å². The van der Waals surface area contributed by atoms with E-state index in [-0.39, 0.29) is 17.9 Å². The summed E-state index contributed by atoms with van der Waals surface area (Å²) in [4.78, 5) is 14.4. The first-order chi connectivity index (χ1) is 22.6. The molecule has 1 aliphatic rings. The number of anilines is 1. The second-order valence-electron chi connectivity index (χ2n) is 12.2. The molecule has 6 aromatic rings. The molecule has 1 fully saturated rings. The van der Waals surface area contributed by atoms with Crippen LogP contribution in [0.2, 0.25) is 0 Å². The number of benzene rings is 5. The van der Waals surface area contributed by atoms with E-state index in [9.17, 15) is 4.79 Å². The molecule has 0 radical (unpaired) electrons. The average molecular weight is 610 g/mol. The maximum atomic E-state index is 12.6. The monoisotopic (exact) mass is 609 g/mol. The lowest BCUT2D eigenvalue weighted by molar-refractivity contribution is -0.116. The zero-order valence-corrected chi connectivity index (χ0v) is 26.2. The predicted octanol–water partition coefficient (Wildman–Crippen LogP) is 7.04. The lowest BCUT2D eigenvalue weighted by Crippen LogP contribution is -2.41. The fraction of sp³-hybridized carbons (Fsp3) is 0.256. The zero-order valence-electron chi connectivity index (χ0n) is 26.2. The van der Waals surface area contributed by atoms with Gasteiger partial charge in [0.05, 0.1) is 24.9 Å². The molecular weight excluding hydrogens is 570 g/mol. The molecule has 0 bridgehead atoms. The fourth-order valence-corrected chi connectivity index (χ4v) is 6.46. The van der Waals surface area contributed by atoms with Crippen LogP contribution in [-0.4, -0.2) is 40.1 Å². The highest BCUT2D eigenvalue weighted by Crippen LogP contribution is 2.28. The third-order valence-corrected chi connectivity index (χ3v) is 9.05. The fourth-order valence-electron chi connectivity index (χ4n) is 6.46. The second-order valence-corrected chi connectivity index (χ2v) is 12.2. The quantitative estimate of drug-likeness (QED) is 0.180. The number of amides is 1. The average Bonchev–Trinajstić information content (AvgIpc) is 3.58. The lowest BCUT2D eigenvalue weighted by Gasteiger charge is -2.30. The van der Waals surface area contributed by atoms with E-state index < -0.39 is 0 Å². The maximum absolute atomic E-state index is 12.6. The number of aromatic nitrogens is 3. The number of ether oxygens (including phenoxy) is 1. The van der Waals surface area contributed by atoms with Crippen molar-refractivity contribution in [2.24, 2.45) is 0 Å². The van der Waals surface area contributed by atoms with Gasteiger partial charge in [-0.25, -0.2) is 0 Å². The van der Waals surface area contributed by atoms with E-state index in [1.54, 1.807) is 6.92 Å². The number of rotatable bonds is 10. The minimum absolute atomic E-state index is 0.0218. The molecule has 232 valence electrons. The Kier molecular flexibility index (Phi) is 8.85. The Labute approximate surface area is 269 Å². The van der Waals surface area contributed by atoms with Gasteiger partial charge in [-0.2, -0.15) is 0 Å². The standard InChI is InChI=1S/C39H39N5O2/c1-28(45)44(25-30-10-14-32-6-2-4-8-34(32)22-30)36-16-12-29(13-17-36)19-21-43-26-38(41-42-43)37-18-20-40-24-39(37)46-27-31-11-15-33-7-3-5-9-35(33)23-31/h2-17,22-23,26,37,39-40H,18-21,24-25,27H2,1H3/t37-,39+/m0/s1. The van der Waals surface area contributed by atoms with E-state index in [2.05, 4.69) is 107 Å². The van der Waals surface area contributed by atoms with Gasteiger partial charge in [0.2, 0.25) is 5.91 Å². The van der Waals surface area contributed by atoms with Gasteiger partial charge < -0.3 is 15.0 Å². The van der Waals surface area contributed by atoms with Crippen LogP contribution in [0.15, 0.2) is 115 Å². The van der Waals surface area contributed by atoms with E-state index in [1.165, 1.54) is 32.7 Å². The molecule has 1 aliphatic heterocycles. The lowest BCUT2D eigenvalue weighted by atomic mass is 9.92. The Morgan fingerprint density at radius 1 is 0.848 bits per heavy atom. The van der Waals surface area contributed by atoms with Crippen LogP contribution in [-0.2, 0) is 35.6 Å². The molecule has 0 saturated carbocycles. The Balaban J connectivity index is 0.960. The zero-order chi connectivity index (χ0) is 31.3. The Morgan fingerprint density at radius 3 is 2.22 bits per heavy atom. The van der Waals surface area contributed by atoms with Gasteiger partial charge in [0.15, 0.2) is 0 Å². The number of hydrogen-bond acceptors (Lipinski definition) is 5. The number of nitrogens with one attached hydrogen (secondary N) is 1. The summed E-state index contributed by atoms with van der Waals surface area (Å²) in [5.41, 5.74) is 5.36. The van der Waals surface area contributed by atoms with Crippen LogP contribution >= 0.6 is 0 Å². The molecule has 1 N–H and O–H groups in total. The van der Waals surface area contributed by atoms with E-state index in [0.29, 0.717) is 13.2 Å². The second kappa shape index (κ2) is 13.6. The smallest absolute Gasteiger partial charge is 0.224 e. The van der Waals surface area contributed by atoms with Crippen molar-refractivity contribution in [1.82, 2.24) is 20.3 Å². The van der Waals surface area contributed by atoms with Crippen molar-refractivity contribution >= 4 is 33.1 Å². The SMILES string of the molecule is CC(=O)N(Cc1ccc2ccccc2c1)c1ccc(CCn2cc([C@@H]3CCNC[C@H]3OCc3ccc4ccccc4c3)nn2)cc1. The molecule has 7 heteroatoms. The minimum atomic E-state index is 0.0218. The van der Waals surface area contributed by atoms with Crippen LogP contribution in [0.1, 0.15) is 41.6 Å². The van der Waals surface area contributed by atoms with Gasteiger partial charge in [0.1, 0.15) is 0 Å². The highest BCUT2D eigenvalue weighted by Gasteiger charge is 2.29. The Bertz CT molecular complexity index is 1950. The summed E-state index contributed by atoms with van der Waals surface area (Å²) < 4.78 is 8.40. The molecule has 0 unspecified atom stereocenters. The molecular formula is C39H39N5O2. The topological polar surface area (TPSA) is 72.3 Å². The minimum Gasteiger partial charge on any atom is -0.372 e. The Morgan fingerprint density at radius 2 is 1.50 bits per heavy atom. The molecule has 1 aromatic heterocycles. The largest absolute Gasteiger partial charge is 0.372 e. The van der Waals surface area contributed by atoms with E-state index in [4.69, 9.17) is 4.74 Å². The number of fused-ring (bicyclic) bond motifs is 2. The van der Waals surface area contributed by atoms with Gasteiger partial charge in [0, 0.05) is 37.8 Å². The molecule has 2 heterocycles. The summed E-state index contributed by atoms with van der Waals surface area (Å²) in [5, 5.41) is 17.4. The number of hydrogen-bond donors (Lipinski definition) is 1. The number of carbonyl (C=O) groups excluding carboxylic acids is 1. The van der Waals surface area contributed by atoms with E-state index in [0.717, 1.165) is 49.4 Å². The summed E-state index contributed by atoms with van der Waals surface area (Å²) in [7, 11) is 0. The van der Waals surface area contributed by atoms with Gasteiger partial charge in [-0.3, -0.25) is 9.48 Å². The summed E-state index contributed by atoms with van der Waals surface area (Å²) in [6.07, 6.45) is 3.91. The Hall–Kier alpha value is -4.85. The highest BCUT2D eigenvalue weighted by atomic mass is 16.5. The van der Waals surface area contributed by atoms with Crippen LogP contribution in [0.4, 0.5) is 5.69 Å². The number of nitrogens with zero attached hydrogens (tertiary/aromatic N) is 4. The van der Waals surface area contributed by atoms with E-state index >= 15 is 0 Å². The van der Waals surface area contributed by atoms with Gasteiger partial charge in [0.25, 0.3) is 0 Å². The van der Waals surface area contributed by atoms with Crippen LogP contribution in [0.5, 0.6) is 0 Å².